The number of hydrogen-bond acceptors (Lipinski definition) is 3. The molecule has 5 heteroatoms. The van der Waals surface area contributed by atoms with Gasteiger partial charge in [0.15, 0.2) is 0 Å². The van der Waals surface area contributed by atoms with Gasteiger partial charge in [0.1, 0.15) is 17.4 Å². The van der Waals surface area contributed by atoms with Crippen LogP contribution < -0.4 is 5.32 Å². The highest BCUT2D eigenvalue weighted by molar-refractivity contribution is 6.10. The normalized spacial score (nSPS) is 11.2. The molecular formula is C18H13N3O2. The Kier molecular flexibility index (Phi) is 3.81. The number of amides is 1. The minimum atomic E-state index is -0.479. The van der Waals surface area contributed by atoms with Crippen LogP contribution in [0, 0.1) is 11.3 Å². The molecule has 1 aromatic heterocycles. The SMILES string of the molecule is N#C/C(=C/c1c[nH]c2ccc(O)cc12)C(=O)Nc1ccccc1. The largest absolute Gasteiger partial charge is 0.508 e. The quantitative estimate of drug-likeness (QED) is 0.511. The first-order chi connectivity index (χ1) is 11.2. The number of benzene rings is 2. The number of nitrogens with one attached hydrogen (secondary N) is 2. The number of phenolic OH excluding ortho intramolecular Hbond substituents is 1. The molecule has 0 aliphatic heterocycles. The van der Waals surface area contributed by atoms with Gasteiger partial charge in [-0.2, -0.15) is 5.26 Å². The van der Waals surface area contributed by atoms with Crippen LogP contribution in [-0.4, -0.2) is 16.0 Å². The second-order valence-electron chi connectivity index (χ2n) is 4.96. The smallest absolute Gasteiger partial charge is 0.266 e. The zero-order chi connectivity index (χ0) is 16.2. The van der Waals surface area contributed by atoms with Crippen LogP contribution in [-0.2, 0) is 4.79 Å². The second-order valence-corrected chi connectivity index (χ2v) is 4.96. The first-order valence-electron chi connectivity index (χ1n) is 6.95. The van der Waals surface area contributed by atoms with Crippen molar-refractivity contribution in [1.82, 2.24) is 4.98 Å². The lowest BCUT2D eigenvalue weighted by atomic mass is 10.1. The van der Waals surface area contributed by atoms with Gasteiger partial charge in [-0.25, -0.2) is 0 Å². The summed E-state index contributed by atoms with van der Waals surface area (Å²) in [4.78, 5) is 15.2. The summed E-state index contributed by atoms with van der Waals surface area (Å²) in [6.45, 7) is 0. The van der Waals surface area contributed by atoms with E-state index in [1.807, 2.05) is 12.1 Å². The van der Waals surface area contributed by atoms with Crippen LogP contribution in [0.1, 0.15) is 5.56 Å². The zero-order valence-corrected chi connectivity index (χ0v) is 12.1. The number of fused-ring (bicyclic) bond motifs is 1. The Bertz CT molecular complexity index is 934. The van der Waals surface area contributed by atoms with Crippen LogP contribution in [0.3, 0.4) is 0 Å². The van der Waals surface area contributed by atoms with Crippen molar-refractivity contribution in [2.45, 2.75) is 0 Å². The van der Waals surface area contributed by atoms with E-state index in [2.05, 4.69) is 10.3 Å². The number of para-hydroxylation sites is 1. The van der Waals surface area contributed by atoms with Crippen LogP contribution in [0.2, 0.25) is 0 Å². The summed E-state index contributed by atoms with van der Waals surface area (Å²) in [7, 11) is 0. The number of carbonyl (C=O) groups excluding carboxylic acids is 1. The molecule has 0 aliphatic rings. The highest BCUT2D eigenvalue weighted by atomic mass is 16.3. The number of nitriles is 1. The Labute approximate surface area is 132 Å². The summed E-state index contributed by atoms with van der Waals surface area (Å²) < 4.78 is 0. The molecule has 0 aliphatic carbocycles. The van der Waals surface area contributed by atoms with Crippen molar-refractivity contribution in [2.24, 2.45) is 0 Å². The molecule has 0 saturated carbocycles. The summed E-state index contributed by atoms with van der Waals surface area (Å²) in [5, 5.41) is 22.3. The number of anilines is 1. The number of aromatic nitrogens is 1. The molecule has 3 aromatic rings. The van der Waals surface area contributed by atoms with Gasteiger partial charge in [-0.05, 0) is 36.4 Å². The van der Waals surface area contributed by atoms with Gasteiger partial charge in [0.25, 0.3) is 5.91 Å². The molecule has 0 atom stereocenters. The number of hydrogen-bond donors (Lipinski definition) is 3. The summed E-state index contributed by atoms with van der Waals surface area (Å²) in [6.07, 6.45) is 3.19. The van der Waals surface area contributed by atoms with Gasteiger partial charge < -0.3 is 15.4 Å². The molecule has 0 bridgehead atoms. The first kappa shape index (κ1) is 14.4. The third-order valence-electron chi connectivity index (χ3n) is 3.39. The molecule has 0 saturated heterocycles. The molecule has 3 rings (SSSR count). The van der Waals surface area contributed by atoms with Crippen LogP contribution in [0.5, 0.6) is 5.75 Å². The summed E-state index contributed by atoms with van der Waals surface area (Å²) in [5.74, 6) is -0.354. The third kappa shape index (κ3) is 3.06. The van der Waals surface area contributed by atoms with E-state index in [4.69, 9.17) is 0 Å². The van der Waals surface area contributed by atoms with Crippen LogP contribution in [0.4, 0.5) is 5.69 Å². The number of rotatable bonds is 3. The van der Waals surface area contributed by atoms with E-state index in [9.17, 15) is 15.2 Å². The predicted molar refractivity (Wildman–Crippen MR) is 88.6 cm³/mol. The number of nitrogens with zero attached hydrogens (tertiary/aromatic N) is 1. The molecule has 0 radical (unpaired) electrons. The number of carbonyl (C=O) groups is 1. The van der Waals surface area contributed by atoms with E-state index in [1.165, 1.54) is 6.08 Å². The van der Waals surface area contributed by atoms with Crippen LogP contribution in [0.15, 0.2) is 60.3 Å². The Morgan fingerprint density at radius 3 is 2.74 bits per heavy atom. The van der Waals surface area contributed by atoms with E-state index < -0.39 is 5.91 Å². The van der Waals surface area contributed by atoms with Gasteiger partial charge in [-0.3, -0.25) is 4.79 Å². The number of aromatic hydroxyl groups is 1. The molecule has 0 spiro atoms. The lowest BCUT2D eigenvalue weighted by molar-refractivity contribution is -0.112. The highest BCUT2D eigenvalue weighted by Gasteiger charge is 2.11. The monoisotopic (exact) mass is 303 g/mol. The molecule has 3 N–H and O–H groups in total. The fourth-order valence-electron chi connectivity index (χ4n) is 2.27. The van der Waals surface area contributed by atoms with Crippen molar-refractivity contribution in [2.75, 3.05) is 5.32 Å². The van der Waals surface area contributed by atoms with Gasteiger partial charge >= 0.3 is 0 Å². The molecule has 0 unspecified atom stereocenters. The summed E-state index contributed by atoms with van der Waals surface area (Å²) in [5.41, 5.74) is 2.08. The molecular weight excluding hydrogens is 290 g/mol. The third-order valence-corrected chi connectivity index (χ3v) is 3.39. The molecule has 2 aromatic carbocycles. The molecule has 23 heavy (non-hydrogen) atoms. The van der Waals surface area contributed by atoms with E-state index in [-0.39, 0.29) is 11.3 Å². The van der Waals surface area contributed by atoms with Gasteiger partial charge in [0.2, 0.25) is 0 Å². The van der Waals surface area contributed by atoms with Crippen LogP contribution in [0.25, 0.3) is 17.0 Å². The summed E-state index contributed by atoms with van der Waals surface area (Å²) in [6, 6.07) is 15.7. The minimum absolute atomic E-state index is 0.0157. The van der Waals surface area contributed by atoms with Crippen molar-refractivity contribution in [3.05, 3.63) is 65.9 Å². The van der Waals surface area contributed by atoms with Crippen molar-refractivity contribution < 1.29 is 9.90 Å². The Balaban J connectivity index is 1.93. The van der Waals surface area contributed by atoms with E-state index in [1.54, 1.807) is 48.7 Å². The molecule has 1 heterocycles. The van der Waals surface area contributed by atoms with Crippen LogP contribution >= 0.6 is 0 Å². The molecule has 0 fully saturated rings. The Morgan fingerprint density at radius 1 is 1.22 bits per heavy atom. The van der Waals surface area contributed by atoms with Gasteiger partial charge in [-0.15, -0.1) is 0 Å². The summed E-state index contributed by atoms with van der Waals surface area (Å²) >= 11 is 0. The predicted octanol–water partition coefficient (Wildman–Crippen LogP) is 3.42. The van der Waals surface area contributed by atoms with E-state index >= 15 is 0 Å². The number of aromatic amines is 1. The Hall–Kier alpha value is -3.52. The standard InChI is InChI=1S/C18H13N3O2/c19-10-12(18(23)21-14-4-2-1-3-5-14)8-13-11-20-17-7-6-15(22)9-16(13)17/h1-9,11,20,22H,(H,21,23)/b12-8-. The fraction of sp³-hybridized carbons (Fsp3) is 0. The van der Waals surface area contributed by atoms with Crippen molar-refractivity contribution in [3.8, 4) is 11.8 Å². The van der Waals surface area contributed by atoms with Gasteiger partial charge in [0, 0.05) is 28.4 Å². The number of H-pyrrole nitrogens is 1. The zero-order valence-electron chi connectivity index (χ0n) is 12.1. The highest BCUT2D eigenvalue weighted by Crippen LogP contribution is 2.24. The molecule has 112 valence electrons. The molecule has 1 amide bonds. The van der Waals surface area contributed by atoms with Gasteiger partial charge in [-0.1, -0.05) is 18.2 Å². The maximum Gasteiger partial charge on any atom is 0.266 e. The van der Waals surface area contributed by atoms with Crippen molar-refractivity contribution >= 4 is 28.6 Å². The van der Waals surface area contributed by atoms with E-state index in [0.29, 0.717) is 11.3 Å². The lowest BCUT2D eigenvalue weighted by Gasteiger charge is -2.03. The topological polar surface area (TPSA) is 88.9 Å². The molecule has 5 nitrogen and oxygen atoms in total. The van der Waals surface area contributed by atoms with Crippen molar-refractivity contribution in [1.29, 1.82) is 5.26 Å². The van der Waals surface area contributed by atoms with Gasteiger partial charge in [0.05, 0.1) is 0 Å². The maximum absolute atomic E-state index is 12.2. The van der Waals surface area contributed by atoms with Crippen molar-refractivity contribution in [3.63, 3.8) is 0 Å². The second kappa shape index (κ2) is 6.08. The first-order valence-corrected chi connectivity index (χ1v) is 6.95. The fourth-order valence-corrected chi connectivity index (χ4v) is 2.27. The average Bonchev–Trinajstić information content (AvgIpc) is 2.95. The maximum atomic E-state index is 12.2. The minimum Gasteiger partial charge on any atom is -0.508 e. The average molecular weight is 303 g/mol. The lowest BCUT2D eigenvalue weighted by Crippen LogP contribution is -2.13. The number of phenols is 1. The Morgan fingerprint density at radius 2 is 2.00 bits per heavy atom. The van der Waals surface area contributed by atoms with E-state index in [0.717, 1.165) is 10.9 Å².